The molecule has 1 aromatic heterocycles. The molecule has 2 heterocycles. The Bertz CT molecular complexity index is 893. The van der Waals surface area contributed by atoms with Gasteiger partial charge in [0.15, 0.2) is 0 Å². The number of anilines is 1. The van der Waals surface area contributed by atoms with Crippen LogP contribution in [0, 0.1) is 10.1 Å². The van der Waals surface area contributed by atoms with Gasteiger partial charge in [-0.05, 0) is 30.5 Å². The smallest absolute Gasteiger partial charge is 0.293 e. The molecule has 0 radical (unpaired) electrons. The molecule has 1 saturated heterocycles. The zero-order valence-corrected chi connectivity index (χ0v) is 16.5. The molecule has 0 unspecified atom stereocenters. The third-order valence-corrected chi connectivity index (χ3v) is 7.16. The van der Waals surface area contributed by atoms with Crippen molar-refractivity contribution in [3.8, 4) is 0 Å². The minimum atomic E-state index is -3.78. The summed E-state index contributed by atoms with van der Waals surface area (Å²) >= 11 is 1.58. The number of ether oxygens (including phenoxy) is 1. The van der Waals surface area contributed by atoms with Crippen LogP contribution in [0.15, 0.2) is 40.6 Å². The average Bonchev–Trinajstić information content (AvgIpc) is 3.19. The highest BCUT2D eigenvalue weighted by atomic mass is 32.2. The van der Waals surface area contributed by atoms with Crippen LogP contribution in [0.1, 0.15) is 11.8 Å². The van der Waals surface area contributed by atoms with Crippen LogP contribution in [0.25, 0.3) is 0 Å². The van der Waals surface area contributed by atoms with Crippen LogP contribution < -0.4 is 4.90 Å². The van der Waals surface area contributed by atoms with Gasteiger partial charge >= 0.3 is 0 Å². The van der Waals surface area contributed by atoms with Crippen molar-refractivity contribution >= 4 is 32.7 Å². The second-order valence-electron chi connectivity index (χ2n) is 6.02. The first-order valence-corrected chi connectivity index (χ1v) is 10.9. The Morgan fingerprint density at radius 2 is 2.04 bits per heavy atom. The number of rotatable bonds is 7. The van der Waals surface area contributed by atoms with Crippen LogP contribution in [0.4, 0.5) is 11.4 Å². The predicted molar refractivity (Wildman–Crippen MR) is 104 cm³/mol. The number of benzene rings is 1. The van der Waals surface area contributed by atoms with Gasteiger partial charge in [-0.2, -0.15) is 4.31 Å². The van der Waals surface area contributed by atoms with Crippen molar-refractivity contribution in [2.24, 2.45) is 0 Å². The Morgan fingerprint density at radius 3 is 2.63 bits per heavy atom. The number of thiophene rings is 1. The number of nitrogens with zero attached hydrogens (tertiary/aromatic N) is 3. The molecule has 146 valence electrons. The third-order valence-electron chi connectivity index (χ3n) is 4.40. The molecule has 8 nitrogen and oxygen atoms in total. The van der Waals surface area contributed by atoms with Crippen LogP contribution in [-0.4, -0.2) is 50.5 Å². The van der Waals surface area contributed by atoms with Gasteiger partial charge < -0.3 is 9.64 Å². The summed E-state index contributed by atoms with van der Waals surface area (Å²) in [4.78, 5) is 14.0. The van der Waals surface area contributed by atoms with E-state index in [4.69, 9.17) is 4.74 Å². The molecule has 0 atom stereocenters. The first-order valence-electron chi connectivity index (χ1n) is 8.57. The lowest BCUT2D eigenvalue weighted by Gasteiger charge is -2.26. The highest BCUT2D eigenvalue weighted by Crippen LogP contribution is 2.33. The van der Waals surface area contributed by atoms with Crippen molar-refractivity contribution in [1.29, 1.82) is 0 Å². The maximum absolute atomic E-state index is 12.8. The molecule has 27 heavy (non-hydrogen) atoms. The van der Waals surface area contributed by atoms with Gasteiger partial charge in [0.1, 0.15) is 5.69 Å². The molecule has 0 saturated carbocycles. The van der Waals surface area contributed by atoms with Crippen molar-refractivity contribution in [2.75, 3.05) is 37.7 Å². The molecule has 2 aromatic rings. The van der Waals surface area contributed by atoms with Crippen molar-refractivity contribution in [2.45, 2.75) is 18.4 Å². The second kappa shape index (κ2) is 8.34. The minimum absolute atomic E-state index is 0.0629. The molecule has 0 N–H and O–H groups in total. The fourth-order valence-corrected chi connectivity index (χ4v) is 5.12. The van der Waals surface area contributed by atoms with Crippen LogP contribution in [0.2, 0.25) is 0 Å². The molecule has 1 aromatic carbocycles. The Labute approximate surface area is 162 Å². The summed E-state index contributed by atoms with van der Waals surface area (Å²) in [5.74, 6) is 0. The topological polar surface area (TPSA) is 93.0 Å². The number of morpholine rings is 1. The molecule has 0 spiro atoms. The third kappa shape index (κ3) is 4.29. The van der Waals surface area contributed by atoms with E-state index in [2.05, 4.69) is 0 Å². The molecule has 1 fully saturated rings. The maximum atomic E-state index is 12.8. The van der Waals surface area contributed by atoms with E-state index in [1.807, 2.05) is 29.3 Å². The zero-order valence-electron chi connectivity index (χ0n) is 14.9. The molecule has 1 aliphatic rings. The average molecular weight is 412 g/mol. The van der Waals surface area contributed by atoms with E-state index < -0.39 is 14.9 Å². The van der Waals surface area contributed by atoms with E-state index >= 15 is 0 Å². The quantitative estimate of drug-likeness (QED) is 0.514. The summed E-state index contributed by atoms with van der Waals surface area (Å²) in [6.07, 6.45) is 0. The first-order chi connectivity index (χ1) is 12.9. The Balaban J connectivity index is 1.95. The van der Waals surface area contributed by atoms with Crippen molar-refractivity contribution in [3.63, 3.8) is 0 Å². The minimum Gasteiger partial charge on any atom is -0.379 e. The fraction of sp³-hybridized carbons (Fsp3) is 0.412. The summed E-state index contributed by atoms with van der Waals surface area (Å²) in [5, 5.41) is 13.6. The van der Waals surface area contributed by atoms with Crippen LogP contribution >= 0.6 is 11.3 Å². The number of sulfonamides is 1. The predicted octanol–water partition coefficient (Wildman–Crippen LogP) is 2.70. The van der Waals surface area contributed by atoms with Crippen molar-refractivity contribution < 1.29 is 18.1 Å². The van der Waals surface area contributed by atoms with E-state index in [9.17, 15) is 18.5 Å². The van der Waals surface area contributed by atoms with Gasteiger partial charge in [0.2, 0.25) is 10.0 Å². The Hall–Kier alpha value is -2.01. The van der Waals surface area contributed by atoms with Gasteiger partial charge in [0, 0.05) is 30.6 Å². The van der Waals surface area contributed by atoms with Gasteiger partial charge in [0.25, 0.3) is 5.69 Å². The number of hydrogen-bond acceptors (Lipinski definition) is 7. The normalized spacial score (nSPS) is 15.6. The zero-order chi connectivity index (χ0) is 19.4. The van der Waals surface area contributed by atoms with Gasteiger partial charge in [-0.25, -0.2) is 8.42 Å². The molecule has 0 bridgehead atoms. The lowest BCUT2D eigenvalue weighted by atomic mass is 10.2. The first kappa shape index (κ1) is 19.7. The number of nitro benzene ring substituents is 1. The van der Waals surface area contributed by atoms with Crippen LogP contribution in [-0.2, 0) is 21.3 Å². The molecule has 10 heteroatoms. The Kier molecular flexibility index (Phi) is 6.10. The van der Waals surface area contributed by atoms with Gasteiger partial charge in [-0.3, -0.25) is 10.1 Å². The number of nitro groups is 1. The second-order valence-corrected chi connectivity index (χ2v) is 8.99. The lowest BCUT2D eigenvalue weighted by Crippen LogP contribution is -2.40. The van der Waals surface area contributed by atoms with E-state index in [0.29, 0.717) is 32.0 Å². The van der Waals surface area contributed by atoms with Crippen LogP contribution in [0.5, 0.6) is 0 Å². The Morgan fingerprint density at radius 1 is 1.30 bits per heavy atom. The number of hydrogen-bond donors (Lipinski definition) is 0. The standard InChI is InChI=1S/C17H21N3O5S2/c1-2-18(13-14-4-3-11-26-14)16-6-5-15(12-17(16)20(21)22)27(23,24)19-7-9-25-10-8-19/h3-6,11-12H,2,7-10,13H2,1H3. The highest BCUT2D eigenvalue weighted by Gasteiger charge is 2.29. The summed E-state index contributed by atoms with van der Waals surface area (Å²) in [7, 11) is -3.78. The monoisotopic (exact) mass is 411 g/mol. The summed E-state index contributed by atoms with van der Waals surface area (Å²) in [6.45, 7) is 4.15. The van der Waals surface area contributed by atoms with Gasteiger partial charge in [-0.1, -0.05) is 6.07 Å². The molecule has 0 aliphatic carbocycles. The lowest BCUT2D eigenvalue weighted by molar-refractivity contribution is -0.384. The molecule has 3 rings (SSSR count). The highest BCUT2D eigenvalue weighted by molar-refractivity contribution is 7.89. The van der Waals surface area contributed by atoms with Crippen LogP contribution in [0.3, 0.4) is 0 Å². The van der Waals surface area contributed by atoms with Gasteiger partial charge in [-0.15, -0.1) is 11.3 Å². The SMILES string of the molecule is CCN(Cc1cccs1)c1ccc(S(=O)(=O)N2CCOCC2)cc1[N+](=O)[O-]. The summed E-state index contributed by atoms with van der Waals surface area (Å²) in [5.41, 5.74) is 0.208. The van der Waals surface area contributed by atoms with E-state index in [1.54, 1.807) is 11.3 Å². The molecule has 0 amide bonds. The summed E-state index contributed by atoms with van der Waals surface area (Å²) in [6, 6.07) is 8.04. The van der Waals surface area contributed by atoms with E-state index in [0.717, 1.165) is 10.9 Å². The molecular weight excluding hydrogens is 390 g/mol. The van der Waals surface area contributed by atoms with E-state index in [-0.39, 0.29) is 23.7 Å². The molecular formula is C17H21N3O5S2. The van der Waals surface area contributed by atoms with E-state index in [1.165, 1.54) is 16.4 Å². The molecule has 1 aliphatic heterocycles. The largest absolute Gasteiger partial charge is 0.379 e. The summed E-state index contributed by atoms with van der Waals surface area (Å²) < 4.78 is 32.1. The fourth-order valence-electron chi connectivity index (χ4n) is 2.97. The van der Waals surface area contributed by atoms with Crippen molar-refractivity contribution in [1.82, 2.24) is 4.31 Å². The maximum Gasteiger partial charge on any atom is 0.293 e. The van der Waals surface area contributed by atoms with Crippen molar-refractivity contribution in [3.05, 3.63) is 50.7 Å². The van der Waals surface area contributed by atoms with Gasteiger partial charge in [0.05, 0.1) is 29.6 Å².